The van der Waals surface area contributed by atoms with Gasteiger partial charge >= 0.3 is 0 Å². The maximum atomic E-state index is 11.1. The van der Waals surface area contributed by atoms with E-state index >= 15 is 0 Å². The number of nitro benzene ring substituents is 1. The van der Waals surface area contributed by atoms with Gasteiger partial charge in [-0.05, 0) is 19.2 Å². The highest BCUT2D eigenvalue weighted by Crippen LogP contribution is 2.14. The standard InChI is InChI=1S/C11H16N4O3/c1-12-8-11(16)14-7-6-13-9-2-4-10(5-3-9)15(17)18/h2-5,12-13H,6-8H2,1H3,(H,14,16). The summed E-state index contributed by atoms with van der Waals surface area (Å²) in [6.07, 6.45) is 0. The van der Waals surface area contributed by atoms with E-state index in [4.69, 9.17) is 0 Å². The molecule has 7 nitrogen and oxygen atoms in total. The van der Waals surface area contributed by atoms with Crippen molar-refractivity contribution in [2.24, 2.45) is 0 Å². The Morgan fingerprint density at radius 2 is 1.94 bits per heavy atom. The lowest BCUT2D eigenvalue weighted by Crippen LogP contribution is -2.35. The Morgan fingerprint density at radius 1 is 1.28 bits per heavy atom. The lowest BCUT2D eigenvalue weighted by Gasteiger charge is -2.07. The molecular weight excluding hydrogens is 236 g/mol. The molecule has 1 rings (SSSR count). The molecule has 1 aromatic carbocycles. The van der Waals surface area contributed by atoms with Crippen molar-refractivity contribution in [1.29, 1.82) is 0 Å². The van der Waals surface area contributed by atoms with Crippen LogP contribution < -0.4 is 16.0 Å². The third kappa shape index (κ3) is 4.79. The van der Waals surface area contributed by atoms with Gasteiger partial charge in [-0.25, -0.2) is 0 Å². The second-order valence-corrected chi connectivity index (χ2v) is 3.61. The molecule has 0 saturated carbocycles. The number of nitrogens with zero attached hydrogens (tertiary/aromatic N) is 1. The molecule has 7 heteroatoms. The van der Waals surface area contributed by atoms with E-state index in [9.17, 15) is 14.9 Å². The summed E-state index contributed by atoms with van der Waals surface area (Å²) >= 11 is 0. The van der Waals surface area contributed by atoms with E-state index in [0.29, 0.717) is 13.1 Å². The van der Waals surface area contributed by atoms with Gasteiger partial charge in [-0.2, -0.15) is 0 Å². The van der Waals surface area contributed by atoms with E-state index in [-0.39, 0.29) is 18.1 Å². The number of carbonyl (C=O) groups excluding carboxylic acids is 1. The molecule has 0 spiro atoms. The Hall–Kier alpha value is -2.15. The summed E-state index contributed by atoms with van der Waals surface area (Å²) in [7, 11) is 1.70. The number of nitro groups is 1. The minimum absolute atomic E-state index is 0.0582. The van der Waals surface area contributed by atoms with Crippen molar-refractivity contribution in [1.82, 2.24) is 10.6 Å². The predicted octanol–water partition coefficient (Wildman–Crippen LogP) is 0.342. The van der Waals surface area contributed by atoms with Crippen LogP contribution in [0.3, 0.4) is 0 Å². The van der Waals surface area contributed by atoms with Gasteiger partial charge in [0.05, 0.1) is 11.5 Å². The van der Waals surface area contributed by atoms with Crippen LogP contribution in [0.5, 0.6) is 0 Å². The number of benzene rings is 1. The molecule has 0 aliphatic rings. The molecule has 1 amide bonds. The number of likely N-dealkylation sites (N-methyl/N-ethyl adjacent to an activating group) is 1. The van der Waals surface area contributed by atoms with E-state index < -0.39 is 4.92 Å². The van der Waals surface area contributed by atoms with E-state index in [0.717, 1.165) is 5.69 Å². The van der Waals surface area contributed by atoms with Gasteiger partial charge in [0.1, 0.15) is 0 Å². The molecule has 0 saturated heterocycles. The van der Waals surface area contributed by atoms with Crippen molar-refractivity contribution in [2.45, 2.75) is 0 Å². The lowest BCUT2D eigenvalue weighted by molar-refractivity contribution is -0.384. The van der Waals surface area contributed by atoms with Gasteiger partial charge < -0.3 is 16.0 Å². The first-order chi connectivity index (χ1) is 8.63. The van der Waals surface area contributed by atoms with Crippen molar-refractivity contribution in [3.8, 4) is 0 Å². The maximum absolute atomic E-state index is 11.1. The Kier molecular flexibility index (Phi) is 5.59. The Labute approximate surface area is 105 Å². The summed E-state index contributed by atoms with van der Waals surface area (Å²) in [4.78, 5) is 21.1. The van der Waals surface area contributed by atoms with Gasteiger partial charge in [-0.3, -0.25) is 14.9 Å². The van der Waals surface area contributed by atoms with Crippen LogP contribution in [-0.4, -0.2) is 37.5 Å². The van der Waals surface area contributed by atoms with Gasteiger partial charge in [-0.1, -0.05) is 0 Å². The highest BCUT2D eigenvalue weighted by atomic mass is 16.6. The molecule has 0 aliphatic carbocycles. The summed E-state index contributed by atoms with van der Waals surface area (Å²) in [6, 6.07) is 6.13. The maximum Gasteiger partial charge on any atom is 0.269 e. The van der Waals surface area contributed by atoms with Crippen LogP contribution in [-0.2, 0) is 4.79 Å². The van der Waals surface area contributed by atoms with Gasteiger partial charge in [0.2, 0.25) is 5.91 Å². The minimum Gasteiger partial charge on any atom is -0.383 e. The Bertz CT molecular complexity index is 405. The number of non-ortho nitro benzene ring substituents is 1. The largest absolute Gasteiger partial charge is 0.383 e. The van der Waals surface area contributed by atoms with Crippen molar-refractivity contribution in [3.05, 3.63) is 34.4 Å². The van der Waals surface area contributed by atoms with E-state index in [1.807, 2.05) is 0 Å². The molecule has 18 heavy (non-hydrogen) atoms. The average molecular weight is 252 g/mol. The van der Waals surface area contributed by atoms with E-state index in [2.05, 4.69) is 16.0 Å². The smallest absolute Gasteiger partial charge is 0.269 e. The second kappa shape index (κ2) is 7.23. The number of hydrogen-bond acceptors (Lipinski definition) is 5. The number of amides is 1. The quantitative estimate of drug-likeness (QED) is 0.369. The number of carbonyl (C=O) groups is 1. The van der Waals surface area contributed by atoms with E-state index in [1.54, 1.807) is 19.2 Å². The number of anilines is 1. The molecule has 0 atom stereocenters. The zero-order chi connectivity index (χ0) is 13.4. The van der Waals surface area contributed by atoms with E-state index in [1.165, 1.54) is 12.1 Å². The first-order valence-corrected chi connectivity index (χ1v) is 5.53. The fourth-order valence-electron chi connectivity index (χ4n) is 1.33. The van der Waals surface area contributed by atoms with Crippen LogP contribution in [0, 0.1) is 10.1 Å². The molecule has 0 radical (unpaired) electrons. The first kappa shape index (κ1) is 13.9. The first-order valence-electron chi connectivity index (χ1n) is 5.53. The van der Waals surface area contributed by atoms with Crippen molar-refractivity contribution in [2.75, 3.05) is 32.0 Å². The van der Waals surface area contributed by atoms with Crippen LogP contribution in [0.2, 0.25) is 0 Å². The summed E-state index contributed by atoms with van der Waals surface area (Å²) in [6.45, 7) is 1.35. The predicted molar refractivity (Wildman–Crippen MR) is 68.5 cm³/mol. The zero-order valence-corrected chi connectivity index (χ0v) is 10.1. The van der Waals surface area contributed by atoms with Crippen LogP contribution in [0.1, 0.15) is 0 Å². The lowest BCUT2D eigenvalue weighted by atomic mass is 10.3. The summed E-state index contributed by atoms with van der Waals surface area (Å²) < 4.78 is 0. The number of rotatable bonds is 7. The van der Waals surface area contributed by atoms with Crippen molar-refractivity contribution >= 4 is 17.3 Å². The molecule has 98 valence electrons. The topological polar surface area (TPSA) is 96.3 Å². The van der Waals surface area contributed by atoms with Crippen molar-refractivity contribution in [3.63, 3.8) is 0 Å². The fraction of sp³-hybridized carbons (Fsp3) is 0.364. The number of nitrogens with one attached hydrogen (secondary N) is 3. The van der Waals surface area contributed by atoms with Crippen LogP contribution >= 0.6 is 0 Å². The molecule has 0 heterocycles. The van der Waals surface area contributed by atoms with Gasteiger partial charge in [0, 0.05) is 30.9 Å². The SMILES string of the molecule is CNCC(=O)NCCNc1ccc([N+](=O)[O-])cc1. The molecule has 1 aromatic rings. The summed E-state index contributed by atoms with van der Waals surface area (Å²) in [5, 5.41) is 18.9. The zero-order valence-electron chi connectivity index (χ0n) is 10.1. The number of hydrogen-bond donors (Lipinski definition) is 3. The average Bonchev–Trinajstić information content (AvgIpc) is 2.35. The van der Waals surface area contributed by atoms with Gasteiger partial charge in [-0.15, -0.1) is 0 Å². The Morgan fingerprint density at radius 3 is 2.50 bits per heavy atom. The van der Waals surface area contributed by atoms with Gasteiger partial charge in [0.15, 0.2) is 0 Å². The summed E-state index contributed by atoms with van der Waals surface area (Å²) in [5.74, 6) is -0.0667. The molecular formula is C11H16N4O3. The third-order valence-corrected chi connectivity index (χ3v) is 2.19. The second-order valence-electron chi connectivity index (χ2n) is 3.61. The highest BCUT2D eigenvalue weighted by molar-refractivity contribution is 5.77. The normalized spacial score (nSPS) is 9.83. The molecule has 0 unspecified atom stereocenters. The highest BCUT2D eigenvalue weighted by Gasteiger charge is 2.03. The molecule has 0 bridgehead atoms. The minimum atomic E-state index is -0.443. The van der Waals surface area contributed by atoms with Crippen LogP contribution in [0.4, 0.5) is 11.4 Å². The molecule has 0 aliphatic heterocycles. The summed E-state index contributed by atoms with van der Waals surface area (Å²) in [5.41, 5.74) is 0.839. The molecule has 0 aromatic heterocycles. The Balaban J connectivity index is 2.27. The molecule has 3 N–H and O–H groups in total. The van der Waals surface area contributed by atoms with Gasteiger partial charge in [0.25, 0.3) is 5.69 Å². The molecule has 0 fully saturated rings. The van der Waals surface area contributed by atoms with Crippen LogP contribution in [0.25, 0.3) is 0 Å². The monoisotopic (exact) mass is 252 g/mol. The van der Waals surface area contributed by atoms with Crippen molar-refractivity contribution < 1.29 is 9.72 Å². The third-order valence-electron chi connectivity index (χ3n) is 2.19. The van der Waals surface area contributed by atoms with Crippen LogP contribution in [0.15, 0.2) is 24.3 Å². The fourth-order valence-corrected chi connectivity index (χ4v) is 1.33.